The Morgan fingerprint density at radius 2 is 1.75 bits per heavy atom. The van der Waals surface area contributed by atoms with Crippen LogP contribution in [0.15, 0.2) is 65.6 Å². The minimum Gasteiger partial charge on any atom is -0.457 e. The van der Waals surface area contributed by atoms with Gasteiger partial charge in [-0.2, -0.15) is 0 Å². The summed E-state index contributed by atoms with van der Waals surface area (Å²) in [7, 11) is 0. The van der Waals surface area contributed by atoms with E-state index >= 15 is 0 Å². The summed E-state index contributed by atoms with van der Waals surface area (Å²) < 4.78 is 23.4. The fourth-order valence-electron chi connectivity index (χ4n) is 3.40. The molecule has 0 radical (unpaired) electrons. The van der Waals surface area contributed by atoms with Gasteiger partial charge in [0.1, 0.15) is 23.7 Å². The average Bonchev–Trinajstić information content (AvgIpc) is 2.72. The van der Waals surface area contributed by atoms with Crippen LogP contribution in [0.3, 0.4) is 0 Å². The zero-order valence-electron chi connectivity index (χ0n) is 15.3. The first-order valence-corrected chi connectivity index (χ1v) is 10.0. The molecule has 2 aliphatic heterocycles. The Balaban J connectivity index is 1.54. The normalized spacial score (nSPS) is 32.4. The smallest absolute Gasteiger partial charge is 0.303 e. The van der Waals surface area contributed by atoms with Crippen LogP contribution < -0.4 is 0 Å². The number of rotatable bonds is 4. The van der Waals surface area contributed by atoms with E-state index in [0.717, 1.165) is 10.5 Å². The highest BCUT2D eigenvalue weighted by molar-refractivity contribution is 7.99. The second kappa shape index (κ2) is 8.63. The highest BCUT2D eigenvalue weighted by Gasteiger charge is 2.51. The molecule has 28 heavy (non-hydrogen) atoms. The van der Waals surface area contributed by atoms with E-state index in [1.54, 1.807) is 0 Å². The van der Waals surface area contributed by atoms with Gasteiger partial charge in [0.25, 0.3) is 0 Å². The minimum atomic E-state index is -1.04. The van der Waals surface area contributed by atoms with Gasteiger partial charge in [0.2, 0.25) is 0 Å². The van der Waals surface area contributed by atoms with Gasteiger partial charge in [-0.05, 0) is 12.1 Å². The Morgan fingerprint density at radius 3 is 2.43 bits per heavy atom. The molecule has 7 heteroatoms. The number of carbonyl (C=O) groups is 1. The monoisotopic (exact) mass is 402 g/mol. The topological polar surface area (TPSA) is 74.2 Å². The first-order valence-electron chi connectivity index (χ1n) is 9.16. The molecule has 0 amide bonds. The molecule has 0 bridgehead atoms. The second-order valence-electron chi connectivity index (χ2n) is 6.72. The van der Waals surface area contributed by atoms with E-state index in [2.05, 4.69) is 0 Å². The van der Waals surface area contributed by atoms with E-state index in [4.69, 9.17) is 18.9 Å². The molecule has 0 aliphatic carbocycles. The third-order valence-corrected chi connectivity index (χ3v) is 5.84. The van der Waals surface area contributed by atoms with Crippen LogP contribution in [0.1, 0.15) is 18.8 Å². The number of aliphatic hydroxyl groups excluding tert-OH is 1. The molecule has 6 nitrogen and oxygen atoms in total. The predicted octanol–water partition coefficient (Wildman–Crippen LogP) is 2.91. The fraction of sp³-hybridized carbons (Fsp3) is 0.381. The molecular formula is C21H22O6S. The van der Waals surface area contributed by atoms with Crippen LogP contribution in [-0.4, -0.2) is 47.5 Å². The first-order chi connectivity index (χ1) is 13.6. The Bertz CT molecular complexity index is 786. The van der Waals surface area contributed by atoms with Gasteiger partial charge in [-0.1, -0.05) is 60.3 Å². The van der Waals surface area contributed by atoms with Crippen molar-refractivity contribution in [1.82, 2.24) is 0 Å². The summed E-state index contributed by atoms with van der Waals surface area (Å²) in [6, 6.07) is 19.2. The van der Waals surface area contributed by atoms with Gasteiger partial charge in [-0.3, -0.25) is 4.79 Å². The molecular weight excluding hydrogens is 380 g/mol. The van der Waals surface area contributed by atoms with Crippen LogP contribution in [0.5, 0.6) is 0 Å². The maximum atomic E-state index is 11.7. The summed E-state index contributed by atoms with van der Waals surface area (Å²) >= 11 is 1.38. The molecule has 0 aromatic heterocycles. The highest BCUT2D eigenvalue weighted by Crippen LogP contribution is 2.39. The number of thioether (sulfide) groups is 1. The molecule has 2 aromatic carbocycles. The zero-order valence-corrected chi connectivity index (χ0v) is 16.2. The van der Waals surface area contributed by atoms with Gasteiger partial charge in [0.05, 0.1) is 6.61 Å². The Morgan fingerprint density at radius 1 is 1.07 bits per heavy atom. The van der Waals surface area contributed by atoms with Gasteiger partial charge in [0.15, 0.2) is 12.4 Å². The van der Waals surface area contributed by atoms with Crippen molar-refractivity contribution in [3.8, 4) is 0 Å². The van der Waals surface area contributed by atoms with Gasteiger partial charge in [0, 0.05) is 17.4 Å². The maximum absolute atomic E-state index is 11.7. The van der Waals surface area contributed by atoms with Crippen molar-refractivity contribution in [3.05, 3.63) is 66.2 Å². The van der Waals surface area contributed by atoms with Crippen LogP contribution in [0.25, 0.3) is 0 Å². The quantitative estimate of drug-likeness (QED) is 0.788. The van der Waals surface area contributed by atoms with Crippen molar-refractivity contribution < 1.29 is 28.8 Å². The summed E-state index contributed by atoms with van der Waals surface area (Å²) in [5.41, 5.74) is 0.256. The molecule has 2 fully saturated rings. The summed E-state index contributed by atoms with van der Waals surface area (Å²) in [5, 5.41) is 10.9. The number of fused-ring (bicyclic) bond motifs is 1. The first kappa shape index (κ1) is 19.4. The highest BCUT2D eigenvalue weighted by atomic mass is 32.2. The number of benzene rings is 2. The van der Waals surface area contributed by atoms with Gasteiger partial charge in [-0.15, -0.1) is 0 Å². The summed E-state index contributed by atoms with van der Waals surface area (Å²) in [5.74, 6) is -0.473. The number of esters is 1. The van der Waals surface area contributed by atoms with Gasteiger partial charge >= 0.3 is 5.97 Å². The molecule has 2 heterocycles. The zero-order chi connectivity index (χ0) is 19.5. The lowest BCUT2D eigenvalue weighted by atomic mass is 9.98. The van der Waals surface area contributed by atoms with Crippen LogP contribution in [0.2, 0.25) is 0 Å². The lowest BCUT2D eigenvalue weighted by molar-refractivity contribution is -0.319. The summed E-state index contributed by atoms with van der Waals surface area (Å²) in [6.07, 6.45) is -3.55. The number of hydrogen-bond acceptors (Lipinski definition) is 7. The molecule has 1 N–H and O–H groups in total. The van der Waals surface area contributed by atoms with E-state index in [-0.39, 0.29) is 6.61 Å². The standard InChI is InChI=1S/C21H22O6S/c1-13(22)25-19-17(23)21(28-15-10-6-3-7-11-15)26-16-12-24-20(27-18(16)19)14-8-4-2-5-9-14/h2-11,16-21,23H,12H2,1H3/t16-,17-,18-,19-,20-,21-/m1/s1. The number of carbonyl (C=O) groups excluding carboxylic acids is 1. The number of aliphatic hydroxyl groups is 1. The van der Waals surface area contributed by atoms with E-state index in [9.17, 15) is 9.90 Å². The van der Waals surface area contributed by atoms with Crippen molar-refractivity contribution in [3.63, 3.8) is 0 Å². The van der Waals surface area contributed by atoms with E-state index in [1.165, 1.54) is 18.7 Å². The Hall–Kier alpha value is -1.90. The average molecular weight is 402 g/mol. The molecule has 2 aliphatic rings. The van der Waals surface area contributed by atoms with E-state index in [0.29, 0.717) is 0 Å². The summed E-state index contributed by atoms with van der Waals surface area (Å²) in [6.45, 7) is 1.60. The van der Waals surface area contributed by atoms with Crippen molar-refractivity contribution in [1.29, 1.82) is 0 Å². The number of hydrogen-bond donors (Lipinski definition) is 1. The van der Waals surface area contributed by atoms with Crippen molar-refractivity contribution in [2.75, 3.05) is 6.61 Å². The van der Waals surface area contributed by atoms with Crippen molar-refractivity contribution in [2.24, 2.45) is 0 Å². The molecule has 0 unspecified atom stereocenters. The Labute approximate surface area is 167 Å². The van der Waals surface area contributed by atoms with Crippen LogP contribution in [-0.2, 0) is 23.7 Å². The van der Waals surface area contributed by atoms with Crippen molar-refractivity contribution >= 4 is 17.7 Å². The van der Waals surface area contributed by atoms with E-state index in [1.807, 2.05) is 60.7 Å². The lowest BCUT2D eigenvalue weighted by Crippen LogP contribution is -2.62. The van der Waals surface area contributed by atoms with Gasteiger partial charge in [-0.25, -0.2) is 0 Å². The molecule has 148 valence electrons. The van der Waals surface area contributed by atoms with Crippen LogP contribution >= 0.6 is 11.8 Å². The minimum absolute atomic E-state index is 0.278. The fourth-order valence-corrected chi connectivity index (χ4v) is 4.47. The molecule has 0 spiro atoms. The second-order valence-corrected chi connectivity index (χ2v) is 7.89. The molecule has 6 atom stereocenters. The largest absolute Gasteiger partial charge is 0.457 e. The Kier molecular flexibility index (Phi) is 5.99. The molecule has 4 rings (SSSR count). The SMILES string of the molecule is CC(=O)O[C@@H]1[C@@H](O)[C@@H](Sc2ccccc2)O[C@@H]2CO[C@@H](c3ccccc3)O[C@@H]12. The van der Waals surface area contributed by atoms with Gasteiger partial charge < -0.3 is 24.1 Å². The predicted molar refractivity (Wildman–Crippen MR) is 103 cm³/mol. The molecule has 0 saturated carbocycles. The van der Waals surface area contributed by atoms with Crippen molar-refractivity contribution in [2.45, 2.75) is 48.0 Å². The third kappa shape index (κ3) is 4.24. The third-order valence-electron chi connectivity index (χ3n) is 4.68. The van der Waals surface area contributed by atoms with Crippen LogP contribution in [0, 0.1) is 0 Å². The van der Waals surface area contributed by atoms with Crippen LogP contribution in [0.4, 0.5) is 0 Å². The molecule has 2 aromatic rings. The number of ether oxygens (including phenoxy) is 4. The molecule has 2 saturated heterocycles. The van der Waals surface area contributed by atoms with E-state index < -0.39 is 42.1 Å². The maximum Gasteiger partial charge on any atom is 0.303 e. The summed E-state index contributed by atoms with van der Waals surface area (Å²) in [4.78, 5) is 12.6. The lowest BCUT2D eigenvalue weighted by Gasteiger charge is -2.47.